The molecule has 1 aromatic rings. The van der Waals surface area contributed by atoms with Crippen LogP contribution in [-0.2, 0) is 9.53 Å². The van der Waals surface area contributed by atoms with E-state index in [0.717, 1.165) is 11.1 Å². The molecule has 80 valence electrons. The number of terminal acetylenes is 1. The van der Waals surface area contributed by atoms with Gasteiger partial charge in [-0.05, 0) is 31.2 Å². The van der Waals surface area contributed by atoms with Gasteiger partial charge in [-0.3, -0.25) is 4.79 Å². The molecule has 2 nitrogen and oxygen atoms in total. The van der Waals surface area contributed by atoms with E-state index in [4.69, 9.17) is 11.2 Å². The Morgan fingerprint density at radius 1 is 1.31 bits per heavy atom. The van der Waals surface area contributed by atoms with E-state index in [9.17, 15) is 4.79 Å². The first-order valence-electron chi connectivity index (χ1n) is 4.97. The topological polar surface area (TPSA) is 26.3 Å². The summed E-state index contributed by atoms with van der Waals surface area (Å²) in [5, 5.41) is 0. The van der Waals surface area contributed by atoms with E-state index in [0.29, 0.717) is 6.61 Å². The summed E-state index contributed by atoms with van der Waals surface area (Å²) in [5.41, 5.74) is 1.65. The average Bonchev–Trinajstić information content (AvgIpc) is 2.30. The maximum absolute atomic E-state index is 11.0. The Bertz CT molecular complexity index is 452. The van der Waals surface area contributed by atoms with Crippen LogP contribution < -0.4 is 0 Å². The quantitative estimate of drug-likeness (QED) is 0.553. The van der Waals surface area contributed by atoms with Crippen LogP contribution in [0, 0.1) is 24.2 Å². The molecule has 0 radical (unpaired) electrons. The predicted octanol–water partition coefficient (Wildman–Crippen LogP) is 1.97. The van der Waals surface area contributed by atoms with Gasteiger partial charge in [0.1, 0.15) is 6.42 Å². The fourth-order valence-corrected chi connectivity index (χ4v) is 1.08. The van der Waals surface area contributed by atoms with Gasteiger partial charge in [0.25, 0.3) is 0 Å². The zero-order valence-corrected chi connectivity index (χ0v) is 9.12. The van der Waals surface area contributed by atoms with E-state index in [1.165, 1.54) is 0 Å². The Hall–Kier alpha value is -2.19. The molecule has 0 aromatic heterocycles. The largest absolute Gasteiger partial charge is 0.465 e. The van der Waals surface area contributed by atoms with Gasteiger partial charge in [0, 0.05) is 11.1 Å². The van der Waals surface area contributed by atoms with Gasteiger partial charge in [0.2, 0.25) is 0 Å². The lowest BCUT2D eigenvalue weighted by Gasteiger charge is -1.95. The lowest BCUT2D eigenvalue weighted by molar-refractivity contribution is -0.141. The first kappa shape index (κ1) is 11.9. The highest BCUT2D eigenvalue weighted by atomic mass is 16.5. The smallest absolute Gasteiger partial charge is 0.317 e. The fraction of sp³-hybridized carbons (Fsp3) is 0.214. The molecule has 0 N–H and O–H groups in total. The van der Waals surface area contributed by atoms with Crippen LogP contribution in [0.2, 0.25) is 0 Å². The van der Waals surface area contributed by atoms with Crippen molar-refractivity contribution in [3.05, 3.63) is 35.4 Å². The Morgan fingerprint density at radius 2 is 1.94 bits per heavy atom. The van der Waals surface area contributed by atoms with Gasteiger partial charge in [0.05, 0.1) is 6.61 Å². The van der Waals surface area contributed by atoms with E-state index in [1.807, 2.05) is 24.3 Å². The molecular formula is C14H12O2. The van der Waals surface area contributed by atoms with E-state index < -0.39 is 0 Å². The standard InChI is InChI=1S/C14H12O2/c1-3-12-8-10-13(11-9-12)6-5-7-14(15)16-4-2/h1,8-11H,4,7H2,2H3. The molecule has 0 atom stereocenters. The minimum Gasteiger partial charge on any atom is -0.465 e. The molecule has 0 unspecified atom stereocenters. The zero-order chi connectivity index (χ0) is 11.8. The molecule has 0 fully saturated rings. The third kappa shape index (κ3) is 3.90. The molecule has 0 amide bonds. The van der Waals surface area contributed by atoms with Crippen LogP contribution >= 0.6 is 0 Å². The van der Waals surface area contributed by atoms with E-state index in [2.05, 4.69) is 17.8 Å². The molecule has 0 saturated carbocycles. The van der Waals surface area contributed by atoms with Crippen molar-refractivity contribution in [1.82, 2.24) is 0 Å². The van der Waals surface area contributed by atoms with E-state index >= 15 is 0 Å². The number of hydrogen-bond donors (Lipinski definition) is 0. The molecule has 1 rings (SSSR count). The Labute approximate surface area is 95.6 Å². The summed E-state index contributed by atoms with van der Waals surface area (Å²) in [5.74, 6) is 7.84. The molecule has 0 bridgehead atoms. The Kier molecular flexibility index (Phi) is 4.70. The monoisotopic (exact) mass is 212 g/mol. The van der Waals surface area contributed by atoms with Crippen LogP contribution in [0.3, 0.4) is 0 Å². The van der Waals surface area contributed by atoms with Crippen molar-refractivity contribution < 1.29 is 9.53 Å². The summed E-state index contributed by atoms with van der Waals surface area (Å²) in [6.45, 7) is 2.15. The third-order valence-corrected chi connectivity index (χ3v) is 1.82. The SMILES string of the molecule is C#Cc1ccc(C#CCC(=O)OCC)cc1. The molecule has 16 heavy (non-hydrogen) atoms. The second kappa shape index (κ2) is 6.32. The lowest BCUT2D eigenvalue weighted by Crippen LogP contribution is -2.01. The van der Waals surface area contributed by atoms with Gasteiger partial charge in [-0.25, -0.2) is 0 Å². The summed E-state index contributed by atoms with van der Waals surface area (Å²) < 4.78 is 4.75. The summed E-state index contributed by atoms with van der Waals surface area (Å²) in [6, 6.07) is 7.28. The van der Waals surface area contributed by atoms with Crippen LogP contribution in [0.25, 0.3) is 0 Å². The fourth-order valence-electron chi connectivity index (χ4n) is 1.08. The van der Waals surface area contributed by atoms with Crippen molar-refractivity contribution in [1.29, 1.82) is 0 Å². The zero-order valence-electron chi connectivity index (χ0n) is 9.12. The molecule has 0 saturated heterocycles. The molecule has 1 aromatic carbocycles. The van der Waals surface area contributed by atoms with Crippen LogP contribution in [0.5, 0.6) is 0 Å². The molecule has 0 heterocycles. The molecule has 0 aliphatic carbocycles. The first-order valence-corrected chi connectivity index (χ1v) is 4.97. The maximum Gasteiger partial charge on any atom is 0.317 e. The van der Waals surface area contributed by atoms with Gasteiger partial charge in [-0.2, -0.15) is 0 Å². The van der Waals surface area contributed by atoms with Gasteiger partial charge in [-0.15, -0.1) is 6.42 Å². The van der Waals surface area contributed by atoms with Gasteiger partial charge < -0.3 is 4.74 Å². The number of hydrogen-bond acceptors (Lipinski definition) is 2. The normalized spacial score (nSPS) is 8.50. The maximum atomic E-state index is 11.0. The van der Waals surface area contributed by atoms with Gasteiger partial charge >= 0.3 is 5.97 Å². The van der Waals surface area contributed by atoms with Crippen molar-refractivity contribution in [2.24, 2.45) is 0 Å². The van der Waals surface area contributed by atoms with Gasteiger partial charge in [0.15, 0.2) is 0 Å². The van der Waals surface area contributed by atoms with E-state index in [-0.39, 0.29) is 12.4 Å². The highest BCUT2D eigenvalue weighted by molar-refractivity contribution is 5.72. The van der Waals surface area contributed by atoms with Crippen LogP contribution in [0.15, 0.2) is 24.3 Å². The second-order valence-corrected chi connectivity index (χ2v) is 3.01. The van der Waals surface area contributed by atoms with Crippen molar-refractivity contribution in [3.8, 4) is 24.2 Å². The summed E-state index contributed by atoms with van der Waals surface area (Å²) in [6.07, 6.45) is 5.34. The number of carbonyl (C=O) groups is 1. The lowest BCUT2D eigenvalue weighted by atomic mass is 10.1. The Morgan fingerprint density at radius 3 is 2.50 bits per heavy atom. The van der Waals surface area contributed by atoms with Crippen LogP contribution in [0.4, 0.5) is 0 Å². The Balaban J connectivity index is 2.57. The van der Waals surface area contributed by atoms with E-state index in [1.54, 1.807) is 6.92 Å². The van der Waals surface area contributed by atoms with Crippen molar-refractivity contribution in [3.63, 3.8) is 0 Å². The third-order valence-electron chi connectivity index (χ3n) is 1.82. The number of esters is 1. The molecule has 2 heteroatoms. The summed E-state index contributed by atoms with van der Waals surface area (Å²) in [7, 11) is 0. The highest BCUT2D eigenvalue weighted by Gasteiger charge is 1.95. The minimum absolute atomic E-state index is 0.116. The van der Waals surface area contributed by atoms with Crippen molar-refractivity contribution in [2.75, 3.05) is 6.61 Å². The second-order valence-electron chi connectivity index (χ2n) is 3.01. The number of carbonyl (C=O) groups excluding carboxylic acids is 1. The predicted molar refractivity (Wildman–Crippen MR) is 62.5 cm³/mol. The number of rotatable bonds is 2. The van der Waals surface area contributed by atoms with Crippen LogP contribution in [0.1, 0.15) is 24.5 Å². The average molecular weight is 212 g/mol. The van der Waals surface area contributed by atoms with Crippen LogP contribution in [-0.4, -0.2) is 12.6 Å². The number of benzene rings is 1. The van der Waals surface area contributed by atoms with Crippen molar-refractivity contribution in [2.45, 2.75) is 13.3 Å². The molecule has 0 aliphatic heterocycles. The summed E-state index contributed by atoms with van der Waals surface area (Å²) in [4.78, 5) is 11.0. The van der Waals surface area contributed by atoms with Gasteiger partial charge in [-0.1, -0.05) is 17.8 Å². The molecule has 0 aliphatic rings. The molecular weight excluding hydrogens is 200 g/mol. The summed E-state index contributed by atoms with van der Waals surface area (Å²) >= 11 is 0. The highest BCUT2D eigenvalue weighted by Crippen LogP contribution is 2.01. The van der Waals surface area contributed by atoms with Crippen molar-refractivity contribution >= 4 is 5.97 Å². The number of ether oxygens (including phenoxy) is 1. The first-order chi connectivity index (χ1) is 7.76. The molecule has 0 spiro atoms. The minimum atomic E-state index is -0.296.